The lowest BCUT2D eigenvalue weighted by atomic mass is 10.2. The van der Waals surface area contributed by atoms with E-state index in [1.54, 1.807) is 12.1 Å². The monoisotopic (exact) mass is 495 g/mol. The number of hydrogen-bond acceptors (Lipinski definition) is 3. The van der Waals surface area contributed by atoms with Crippen LogP contribution in [-0.4, -0.2) is 16.8 Å². The lowest BCUT2D eigenvalue weighted by Gasteiger charge is -2.09. The van der Waals surface area contributed by atoms with Crippen molar-refractivity contribution in [3.63, 3.8) is 0 Å². The van der Waals surface area contributed by atoms with Gasteiger partial charge in [-0.3, -0.25) is 20.4 Å². The SMILES string of the molecule is O=C(NNC(=O)c1cc(Br)ccc1I)c1ccc2ccccc2n1. The molecule has 0 aliphatic heterocycles. The van der Waals surface area contributed by atoms with E-state index < -0.39 is 11.8 Å². The molecule has 0 saturated heterocycles. The summed E-state index contributed by atoms with van der Waals surface area (Å²) in [6.07, 6.45) is 0. The number of benzene rings is 2. The summed E-state index contributed by atoms with van der Waals surface area (Å²) >= 11 is 5.39. The molecule has 0 unspecified atom stereocenters. The van der Waals surface area contributed by atoms with Gasteiger partial charge in [0.1, 0.15) is 5.69 Å². The van der Waals surface area contributed by atoms with Crippen molar-refractivity contribution in [3.05, 3.63) is 73.9 Å². The van der Waals surface area contributed by atoms with Gasteiger partial charge in [-0.1, -0.05) is 40.2 Å². The Morgan fingerprint density at radius 2 is 1.71 bits per heavy atom. The Morgan fingerprint density at radius 1 is 0.958 bits per heavy atom. The summed E-state index contributed by atoms with van der Waals surface area (Å²) in [5.74, 6) is -0.867. The van der Waals surface area contributed by atoms with E-state index in [-0.39, 0.29) is 5.69 Å². The molecule has 0 radical (unpaired) electrons. The van der Waals surface area contributed by atoms with Crippen molar-refractivity contribution in [2.75, 3.05) is 0 Å². The molecule has 0 aliphatic rings. The summed E-state index contributed by atoms with van der Waals surface area (Å²) in [6.45, 7) is 0. The predicted octanol–water partition coefficient (Wildman–Crippen LogP) is 3.68. The Morgan fingerprint density at radius 3 is 2.54 bits per heavy atom. The van der Waals surface area contributed by atoms with Crippen LogP contribution in [-0.2, 0) is 0 Å². The first-order chi connectivity index (χ1) is 11.5. The standard InChI is InChI=1S/C17H11BrIN3O2/c18-11-6-7-13(19)12(9-11)16(23)21-22-17(24)15-8-5-10-3-1-2-4-14(10)20-15/h1-9H,(H,21,23)(H,22,24). The van der Waals surface area contributed by atoms with Crippen molar-refractivity contribution in [2.45, 2.75) is 0 Å². The highest BCUT2D eigenvalue weighted by Crippen LogP contribution is 2.18. The van der Waals surface area contributed by atoms with Crippen LogP contribution < -0.4 is 10.9 Å². The molecule has 3 rings (SSSR count). The quantitative estimate of drug-likeness (QED) is 0.421. The van der Waals surface area contributed by atoms with E-state index in [1.165, 1.54) is 0 Å². The molecular formula is C17H11BrIN3O2. The van der Waals surface area contributed by atoms with E-state index in [2.05, 4.69) is 54.4 Å². The number of carbonyl (C=O) groups is 2. The molecule has 3 aromatic rings. The zero-order chi connectivity index (χ0) is 17.1. The zero-order valence-corrected chi connectivity index (χ0v) is 16.0. The lowest BCUT2D eigenvalue weighted by Crippen LogP contribution is -2.42. The van der Waals surface area contributed by atoms with Crippen LogP contribution in [0.1, 0.15) is 20.8 Å². The fourth-order valence-electron chi connectivity index (χ4n) is 2.11. The van der Waals surface area contributed by atoms with Gasteiger partial charge in [0.2, 0.25) is 0 Å². The van der Waals surface area contributed by atoms with E-state index >= 15 is 0 Å². The first kappa shape index (κ1) is 16.8. The van der Waals surface area contributed by atoms with E-state index in [0.717, 1.165) is 18.9 Å². The van der Waals surface area contributed by atoms with Crippen LogP contribution in [0.25, 0.3) is 10.9 Å². The average molecular weight is 496 g/mol. The summed E-state index contributed by atoms with van der Waals surface area (Å²) in [6, 6.07) is 16.3. The maximum atomic E-state index is 12.2. The van der Waals surface area contributed by atoms with Gasteiger partial charge in [-0.15, -0.1) is 0 Å². The van der Waals surface area contributed by atoms with Crippen molar-refractivity contribution in [1.82, 2.24) is 15.8 Å². The topological polar surface area (TPSA) is 71.1 Å². The maximum Gasteiger partial charge on any atom is 0.288 e. The largest absolute Gasteiger partial charge is 0.288 e. The second-order valence-electron chi connectivity index (χ2n) is 4.92. The number of nitrogens with zero attached hydrogens (tertiary/aromatic N) is 1. The van der Waals surface area contributed by atoms with Crippen molar-refractivity contribution in [2.24, 2.45) is 0 Å². The summed E-state index contributed by atoms with van der Waals surface area (Å²) in [5.41, 5.74) is 6.22. The second-order valence-corrected chi connectivity index (χ2v) is 7.00. The number of hydrogen-bond donors (Lipinski definition) is 2. The number of para-hydroxylation sites is 1. The van der Waals surface area contributed by atoms with Crippen molar-refractivity contribution < 1.29 is 9.59 Å². The highest BCUT2D eigenvalue weighted by atomic mass is 127. The Kier molecular flexibility index (Phi) is 5.10. The van der Waals surface area contributed by atoms with Crippen LogP contribution in [0.3, 0.4) is 0 Å². The normalized spacial score (nSPS) is 10.4. The number of hydrazine groups is 1. The molecule has 120 valence electrons. The summed E-state index contributed by atoms with van der Waals surface area (Å²) in [5, 5.41) is 0.946. The molecule has 24 heavy (non-hydrogen) atoms. The molecule has 2 aromatic carbocycles. The third kappa shape index (κ3) is 3.73. The fourth-order valence-corrected chi connectivity index (χ4v) is 3.05. The minimum absolute atomic E-state index is 0.234. The number of fused-ring (bicyclic) bond motifs is 1. The number of halogens is 2. The Labute approximate surface area is 160 Å². The van der Waals surface area contributed by atoms with Crippen LogP contribution in [0, 0.1) is 3.57 Å². The minimum Gasteiger partial charge on any atom is -0.267 e. The molecular weight excluding hydrogens is 485 g/mol. The molecule has 1 aromatic heterocycles. The van der Waals surface area contributed by atoms with E-state index in [0.29, 0.717) is 5.56 Å². The van der Waals surface area contributed by atoms with Gasteiger partial charge in [-0.2, -0.15) is 0 Å². The van der Waals surface area contributed by atoms with Gasteiger partial charge in [0, 0.05) is 13.4 Å². The maximum absolute atomic E-state index is 12.2. The first-order valence-electron chi connectivity index (χ1n) is 6.96. The molecule has 2 N–H and O–H groups in total. The van der Waals surface area contributed by atoms with Gasteiger partial charge < -0.3 is 0 Å². The predicted molar refractivity (Wildman–Crippen MR) is 104 cm³/mol. The van der Waals surface area contributed by atoms with Crippen molar-refractivity contribution in [1.29, 1.82) is 0 Å². The molecule has 7 heteroatoms. The van der Waals surface area contributed by atoms with E-state index in [9.17, 15) is 9.59 Å². The Bertz CT molecular complexity index is 946. The number of nitrogens with one attached hydrogen (secondary N) is 2. The molecule has 0 atom stereocenters. The summed E-state index contributed by atoms with van der Waals surface area (Å²) < 4.78 is 1.57. The number of rotatable bonds is 2. The van der Waals surface area contributed by atoms with Crippen molar-refractivity contribution in [3.8, 4) is 0 Å². The number of amides is 2. The molecule has 2 amide bonds. The van der Waals surface area contributed by atoms with Crippen LogP contribution in [0.15, 0.2) is 59.1 Å². The van der Waals surface area contributed by atoms with Crippen LogP contribution >= 0.6 is 38.5 Å². The molecule has 0 bridgehead atoms. The third-order valence-corrected chi connectivity index (χ3v) is 4.73. The van der Waals surface area contributed by atoms with Crippen LogP contribution in [0.5, 0.6) is 0 Å². The van der Waals surface area contributed by atoms with E-state index in [4.69, 9.17) is 0 Å². The molecule has 5 nitrogen and oxygen atoms in total. The van der Waals surface area contributed by atoms with Gasteiger partial charge in [0.05, 0.1) is 11.1 Å². The third-order valence-electron chi connectivity index (χ3n) is 3.29. The highest BCUT2D eigenvalue weighted by molar-refractivity contribution is 14.1. The smallest absolute Gasteiger partial charge is 0.267 e. The first-order valence-corrected chi connectivity index (χ1v) is 8.83. The zero-order valence-electron chi connectivity index (χ0n) is 12.2. The average Bonchev–Trinajstić information content (AvgIpc) is 2.61. The highest BCUT2D eigenvalue weighted by Gasteiger charge is 2.13. The van der Waals surface area contributed by atoms with Crippen LogP contribution in [0.4, 0.5) is 0 Å². The van der Waals surface area contributed by atoms with Crippen LogP contribution in [0.2, 0.25) is 0 Å². The summed E-state index contributed by atoms with van der Waals surface area (Å²) in [7, 11) is 0. The van der Waals surface area contributed by atoms with Gasteiger partial charge >= 0.3 is 0 Å². The Balaban J connectivity index is 1.72. The molecule has 0 spiro atoms. The fraction of sp³-hybridized carbons (Fsp3) is 0. The molecule has 1 heterocycles. The van der Waals surface area contributed by atoms with Gasteiger partial charge in [0.25, 0.3) is 11.8 Å². The molecule has 0 saturated carbocycles. The summed E-state index contributed by atoms with van der Waals surface area (Å²) in [4.78, 5) is 28.7. The second kappa shape index (κ2) is 7.27. The van der Waals surface area contributed by atoms with Gasteiger partial charge in [-0.25, -0.2) is 4.98 Å². The van der Waals surface area contributed by atoms with E-state index in [1.807, 2.05) is 42.5 Å². The number of pyridine rings is 1. The number of carbonyl (C=O) groups excluding carboxylic acids is 2. The van der Waals surface area contributed by atoms with Crippen molar-refractivity contribution >= 4 is 61.2 Å². The Hall–Kier alpha value is -2.00. The lowest BCUT2D eigenvalue weighted by molar-refractivity contribution is 0.0843. The molecule has 0 aliphatic carbocycles. The minimum atomic E-state index is -0.473. The molecule has 0 fully saturated rings. The number of aromatic nitrogens is 1. The van der Waals surface area contributed by atoms with Gasteiger partial charge in [-0.05, 0) is 52.9 Å². The van der Waals surface area contributed by atoms with Gasteiger partial charge in [0.15, 0.2) is 0 Å².